The van der Waals surface area contributed by atoms with E-state index in [1.54, 1.807) is 0 Å². The van der Waals surface area contributed by atoms with Crippen molar-refractivity contribution in [3.63, 3.8) is 0 Å². The van der Waals surface area contributed by atoms with Crippen molar-refractivity contribution in [3.8, 4) is 0 Å². The number of carbonyl (C=O) groups excluding carboxylic acids is 1. The highest BCUT2D eigenvalue weighted by molar-refractivity contribution is 7.99. The fourth-order valence-corrected chi connectivity index (χ4v) is 4.00. The lowest BCUT2D eigenvalue weighted by molar-refractivity contribution is -0.130. The van der Waals surface area contributed by atoms with E-state index in [1.807, 2.05) is 29.2 Å². The molecule has 4 heteroatoms. The third kappa shape index (κ3) is 3.61. The number of rotatable bonds is 3. The van der Waals surface area contributed by atoms with E-state index in [0.29, 0.717) is 17.6 Å². The van der Waals surface area contributed by atoms with Gasteiger partial charge in [0, 0.05) is 18.5 Å². The van der Waals surface area contributed by atoms with E-state index in [0.717, 1.165) is 29.0 Å². The van der Waals surface area contributed by atoms with Gasteiger partial charge in [-0.3, -0.25) is 4.79 Å². The van der Waals surface area contributed by atoms with Gasteiger partial charge < -0.3 is 4.90 Å². The van der Waals surface area contributed by atoms with Gasteiger partial charge >= 0.3 is 0 Å². The molecule has 2 unspecified atom stereocenters. The molecule has 3 rings (SSSR count). The summed E-state index contributed by atoms with van der Waals surface area (Å²) in [6.45, 7) is 6.26. The van der Waals surface area contributed by atoms with E-state index in [1.165, 1.54) is 18.2 Å². The Balaban J connectivity index is 1.62. The molecule has 1 amide bonds. The lowest BCUT2D eigenvalue weighted by atomic mass is 9.92. The van der Waals surface area contributed by atoms with Gasteiger partial charge in [-0.2, -0.15) is 0 Å². The number of aromatic nitrogens is 1. The number of pyridine rings is 1. The number of likely N-dealkylation sites (tertiary alicyclic amines) is 1. The lowest BCUT2D eigenvalue weighted by Crippen LogP contribution is -2.43. The topological polar surface area (TPSA) is 33.2 Å². The van der Waals surface area contributed by atoms with Crippen LogP contribution in [0.1, 0.15) is 20.3 Å². The molecule has 2 aromatic rings. The number of fused-ring (bicyclic) bond motifs is 1. The third-order valence-electron chi connectivity index (χ3n) is 4.14. The van der Waals surface area contributed by atoms with Crippen molar-refractivity contribution < 1.29 is 4.79 Å². The third-order valence-corrected chi connectivity index (χ3v) is 5.05. The maximum absolute atomic E-state index is 12.4. The number of nitrogens with zero attached hydrogens (tertiary/aromatic N) is 2. The van der Waals surface area contributed by atoms with Crippen LogP contribution in [0.25, 0.3) is 10.9 Å². The predicted octanol–water partition coefficient (Wildman–Crippen LogP) is 3.83. The predicted molar refractivity (Wildman–Crippen MR) is 92.0 cm³/mol. The minimum Gasteiger partial charge on any atom is -0.341 e. The van der Waals surface area contributed by atoms with Crippen LogP contribution >= 0.6 is 11.8 Å². The lowest BCUT2D eigenvalue weighted by Gasteiger charge is -2.35. The van der Waals surface area contributed by atoms with Crippen LogP contribution in [-0.2, 0) is 4.79 Å². The molecule has 1 aliphatic heterocycles. The fraction of sp³-hybridized carbons (Fsp3) is 0.444. The van der Waals surface area contributed by atoms with Gasteiger partial charge in [-0.1, -0.05) is 49.9 Å². The van der Waals surface area contributed by atoms with Crippen molar-refractivity contribution in [1.82, 2.24) is 9.88 Å². The second kappa shape index (κ2) is 6.69. The Morgan fingerprint density at radius 3 is 2.68 bits per heavy atom. The molecule has 0 saturated carbocycles. The van der Waals surface area contributed by atoms with Crippen LogP contribution in [0.3, 0.4) is 0 Å². The highest BCUT2D eigenvalue weighted by Crippen LogP contribution is 2.24. The molecule has 0 radical (unpaired) electrons. The SMILES string of the molecule is CC1CC(C)CN(C(=O)CSc2ccc3ccccc3n2)C1. The Morgan fingerprint density at radius 2 is 1.91 bits per heavy atom. The molecule has 3 nitrogen and oxygen atoms in total. The van der Waals surface area contributed by atoms with Gasteiger partial charge in [0.2, 0.25) is 5.91 Å². The number of benzene rings is 1. The first-order chi connectivity index (χ1) is 10.6. The highest BCUT2D eigenvalue weighted by atomic mass is 32.2. The van der Waals surface area contributed by atoms with E-state index in [9.17, 15) is 4.79 Å². The average Bonchev–Trinajstić information content (AvgIpc) is 2.51. The summed E-state index contributed by atoms with van der Waals surface area (Å²) in [5, 5.41) is 2.06. The van der Waals surface area contributed by atoms with Crippen LogP contribution in [0.2, 0.25) is 0 Å². The van der Waals surface area contributed by atoms with Crippen molar-refractivity contribution in [2.75, 3.05) is 18.8 Å². The zero-order valence-electron chi connectivity index (χ0n) is 13.2. The quantitative estimate of drug-likeness (QED) is 0.807. The minimum atomic E-state index is 0.235. The molecular weight excluding hydrogens is 292 g/mol. The van der Waals surface area contributed by atoms with Crippen molar-refractivity contribution >= 4 is 28.6 Å². The molecule has 0 aliphatic carbocycles. The summed E-state index contributed by atoms with van der Waals surface area (Å²) in [6.07, 6.45) is 1.23. The molecule has 2 heterocycles. The monoisotopic (exact) mass is 314 g/mol. The van der Waals surface area contributed by atoms with Crippen molar-refractivity contribution in [2.24, 2.45) is 11.8 Å². The zero-order valence-corrected chi connectivity index (χ0v) is 14.0. The first-order valence-corrected chi connectivity index (χ1v) is 8.87. The van der Waals surface area contributed by atoms with Crippen molar-refractivity contribution in [1.29, 1.82) is 0 Å². The van der Waals surface area contributed by atoms with Gasteiger partial charge in [0.05, 0.1) is 16.3 Å². The van der Waals surface area contributed by atoms with Crippen LogP contribution in [-0.4, -0.2) is 34.6 Å². The molecule has 0 bridgehead atoms. The normalized spacial score (nSPS) is 22.0. The maximum atomic E-state index is 12.4. The van der Waals surface area contributed by atoms with Crippen molar-refractivity contribution in [3.05, 3.63) is 36.4 Å². The fourth-order valence-electron chi connectivity index (χ4n) is 3.22. The average molecular weight is 314 g/mol. The number of thioether (sulfide) groups is 1. The zero-order chi connectivity index (χ0) is 15.5. The summed E-state index contributed by atoms with van der Waals surface area (Å²) in [5.74, 6) is 1.93. The summed E-state index contributed by atoms with van der Waals surface area (Å²) in [7, 11) is 0. The number of piperidine rings is 1. The number of carbonyl (C=O) groups is 1. The first-order valence-electron chi connectivity index (χ1n) is 7.88. The van der Waals surface area contributed by atoms with E-state index in [-0.39, 0.29) is 5.91 Å². The molecule has 0 N–H and O–H groups in total. The van der Waals surface area contributed by atoms with Crippen molar-refractivity contribution in [2.45, 2.75) is 25.3 Å². The van der Waals surface area contributed by atoms with Gasteiger partial charge in [0.25, 0.3) is 0 Å². The molecule has 22 heavy (non-hydrogen) atoms. The summed E-state index contributed by atoms with van der Waals surface area (Å²) in [5.41, 5.74) is 0.986. The second-order valence-electron chi connectivity index (χ2n) is 6.38. The van der Waals surface area contributed by atoms with E-state index in [2.05, 4.69) is 31.0 Å². The van der Waals surface area contributed by atoms with Crippen LogP contribution in [0, 0.1) is 11.8 Å². The van der Waals surface area contributed by atoms with E-state index in [4.69, 9.17) is 0 Å². The Hall–Kier alpha value is -1.55. The number of amides is 1. The van der Waals surface area contributed by atoms with Crippen LogP contribution < -0.4 is 0 Å². The van der Waals surface area contributed by atoms with Gasteiger partial charge in [-0.15, -0.1) is 0 Å². The van der Waals surface area contributed by atoms with E-state index >= 15 is 0 Å². The van der Waals surface area contributed by atoms with Crippen LogP contribution in [0.15, 0.2) is 41.4 Å². The number of para-hydroxylation sites is 1. The van der Waals surface area contributed by atoms with Gasteiger partial charge in [-0.05, 0) is 30.4 Å². The summed E-state index contributed by atoms with van der Waals surface area (Å²) in [6, 6.07) is 12.1. The molecule has 116 valence electrons. The van der Waals surface area contributed by atoms with Gasteiger partial charge in [0.1, 0.15) is 0 Å². The Kier molecular flexibility index (Phi) is 4.67. The molecule has 1 fully saturated rings. The van der Waals surface area contributed by atoms with E-state index < -0.39 is 0 Å². The molecular formula is C18H22N2OS. The Bertz CT molecular complexity index is 663. The Labute approximate surface area is 136 Å². The highest BCUT2D eigenvalue weighted by Gasteiger charge is 2.25. The smallest absolute Gasteiger partial charge is 0.233 e. The minimum absolute atomic E-state index is 0.235. The number of hydrogen-bond acceptors (Lipinski definition) is 3. The summed E-state index contributed by atoms with van der Waals surface area (Å²) in [4.78, 5) is 19.0. The summed E-state index contributed by atoms with van der Waals surface area (Å²) < 4.78 is 0. The van der Waals surface area contributed by atoms with Gasteiger partial charge in [-0.25, -0.2) is 4.98 Å². The van der Waals surface area contributed by atoms with Gasteiger partial charge in [0.15, 0.2) is 0 Å². The molecule has 0 spiro atoms. The second-order valence-corrected chi connectivity index (χ2v) is 7.37. The molecule has 1 aromatic heterocycles. The molecule has 2 atom stereocenters. The first kappa shape index (κ1) is 15.3. The Morgan fingerprint density at radius 1 is 1.18 bits per heavy atom. The summed E-state index contributed by atoms with van der Waals surface area (Å²) >= 11 is 1.54. The number of hydrogen-bond donors (Lipinski definition) is 0. The van der Waals surface area contributed by atoms with Crippen LogP contribution in [0.4, 0.5) is 0 Å². The van der Waals surface area contributed by atoms with Crippen LogP contribution in [0.5, 0.6) is 0 Å². The molecule has 1 aliphatic rings. The maximum Gasteiger partial charge on any atom is 0.233 e. The standard InChI is InChI=1S/C18H22N2OS/c1-13-9-14(2)11-20(10-13)18(21)12-22-17-8-7-15-5-3-4-6-16(15)19-17/h3-8,13-14H,9-12H2,1-2H3. The largest absolute Gasteiger partial charge is 0.341 e. The molecule has 1 saturated heterocycles. The molecule has 1 aromatic carbocycles.